The first-order chi connectivity index (χ1) is 11.8. The van der Waals surface area contributed by atoms with E-state index < -0.39 is 0 Å². The molecule has 1 aromatic heterocycles. The van der Waals surface area contributed by atoms with Gasteiger partial charge in [-0.2, -0.15) is 0 Å². The first-order valence-electron chi connectivity index (χ1n) is 9.66. The number of aromatic nitrogens is 1. The summed E-state index contributed by atoms with van der Waals surface area (Å²) < 4.78 is 0. The zero-order valence-corrected chi connectivity index (χ0v) is 14.6. The number of nitrogens with zero attached hydrogens (tertiary/aromatic N) is 3. The second-order valence-electron chi connectivity index (χ2n) is 8.06. The molecule has 0 radical (unpaired) electrons. The molecule has 4 nitrogen and oxygen atoms in total. The molecule has 2 saturated heterocycles. The standard InChI is InChI=1S/C20H29N3O/c24-19-20(9-14-23(19)16-17-3-1-4-17)7-2-12-22(13-8-20)15-18-5-10-21-11-6-18/h5-6,10-11,17H,1-4,7-9,12-16H2. The summed E-state index contributed by atoms with van der Waals surface area (Å²) in [4.78, 5) is 21.9. The number of carbonyl (C=O) groups excluding carboxylic acids is 1. The highest BCUT2D eigenvalue weighted by Crippen LogP contribution is 2.42. The number of hydrogen-bond donors (Lipinski definition) is 0. The summed E-state index contributed by atoms with van der Waals surface area (Å²) in [6.07, 6.45) is 12.1. The van der Waals surface area contributed by atoms with E-state index in [2.05, 4.69) is 26.9 Å². The van der Waals surface area contributed by atoms with Gasteiger partial charge in [-0.25, -0.2) is 0 Å². The van der Waals surface area contributed by atoms with Gasteiger partial charge in [0.25, 0.3) is 0 Å². The van der Waals surface area contributed by atoms with Crippen LogP contribution in [0.4, 0.5) is 0 Å². The molecule has 0 aromatic carbocycles. The molecule has 130 valence electrons. The lowest BCUT2D eigenvalue weighted by molar-refractivity contribution is -0.137. The molecule has 0 N–H and O–H groups in total. The van der Waals surface area contributed by atoms with Crippen LogP contribution in [0.15, 0.2) is 24.5 Å². The Bertz CT molecular complexity index is 572. The normalized spacial score (nSPS) is 29.0. The van der Waals surface area contributed by atoms with Crippen LogP contribution in [-0.4, -0.2) is 46.9 Å². The molecule has 1 atom stereocenters. The topological polar surface area (TPSA) is 36.4 Å². The maximum absolute atomic E-state index is 13.1. The van der Waals surface area contributed by atoms with Crippen molar-refractivity contribution in [1.82, 2.24) is 14.8 Å². The van der Waals surface area contributed by atoms with Gasteiger partial charge in [-0.3, -0.25) is 14.7 Å². The van der Waals surface area contributed by atoms with Crippen LogP contribution in [0, 0.1) is 11.3 Å². The number of likely N-dealkylation sites (tertiary alicyclic amines) is 2. The molecule has 4 rings (SSSR count). The first-order valence-corrected chi connectivity index (χ1v) is 9.66. The minimum atomic E-state index is -0.0449. The highest BCUT2D eigenvalue weighted by molar-refractivity contribution is 5.84. The molecule has 3 heterocycles. The quantitative estimate of drug-likeness (QED) is 0.853. The highest BCUT2D eigenvalue weighted by atomic mass is 16.2. The molecule has 0 bridgehead atoms. The van der Waals surface area contributed by atoms with E-state index in [0.717, 1.165) is 64.3 Å². The average Bonchev–Trinajstić information content (AvgIpc) is 2.73. The smallest absolute Gasteiger partial charge is 0.228 e. The van der Waals surface area contributed by atoms with Crippen molar-refractivity contribution in [2.75, 3.05) is 26.2 Å². The molecule has 4 heteroatoms. The number of amides is 1. The molecule has 1 spiro atoms. The maximum Gasteiger partial charge on any atom is 0.228 e. The van der Waals surface area contributed by atoms with Gasteiger partial charge in [0.2, 0.25) is 5.91 Å². The zero-order valence-electron chi connectivity index (χ0n) is 14.6. The Morgan fingerprint density at radius 1 is 1.04 bits per heavy atom. The Morgan fingerprint density at radius 3 is 2.58 bits per heavy atom. The summed E-state index contributed by atoms with van der Waals surface area (Å²) >= 11 is 0. The van der Waals surface area contributed by atoms with E-state index in [1.807, 2.05) is 12.4 Å². The molecule has 1 unspecified atom stereocenters. The molecule has 1 aliphatic carbocycles. The van der Waals surface area contributed by atoms with Gasteiger partial charge in [0.1, 0.15) is 0 Å². The third kappa shape index (κ3) is 3.21. The van der Waals surface area contributed by atoms with E-state index in [0.29, 0.717) is 5.91 Å². The number of hydrogen-bond acceptors (Lipinski definition) is 3. The van der Waals surface area contributed by atoms with Crippen LogP contribution in [0.2, 0.25) is 0 Å². The van der Waals surface area contributed by atoms with Gasteiger partial charge in [0.05, 0.1) is 5.41 Å². The Hall–Kier alpha value is -1.42. The lowest BCUT2D eigenvalue weighted by Crippen LogP contribution is -2.39. The second-order valence-corrected chi connectivity index (χ2v) is 8.06. The van der Waals surface area contributed by atoms with E-state index in [-0.39, 0.29) is 5.41 Å². The summed E-state index contributed by atoms with van der Waals surface area (Å²) in [6.45, 7) is 5.17. The second kappa shape index (κ2) is 6.83. The van der Waals surface area contributed by atoms with Gasteiger partial charge in [-0.1, -0.05) is 6.42 Å². The summed E-state index contributed by atoms with van der Waals surface area (Å²) in [6, 6.07) is 4.20. The Balaban J connectivity index is 1.36. The predicted molar refractivity (Wildman–Crippen MR) is 94.3 cm³/mol. The van der Waals surface area contributed by atoms with E-state index in [9.17, 15) is 4.79 Å². The van der Waals surface area contributed by atoms with Gasteiger partial charge in [0, 0.05) is 32.0 Å². The van der Waals surface area contributed by atoms with Crippen LogP contribution in [-0.2, 0) is 11.3 Å². The fraction of sp³-hybridized carbons (Fsp3) is 0.700. The van der Waals surface area contributed by atoms with Crippen molar-refractivity contribution in [2.24, 2.45) is 11.3 Å². The monoisotopic (exact) mass is 327 g/mol. The predicted octanol–water partition coefficient (Wildman–Crippen LogP) is 3.09. The van der Waals surface area contributed by atoms with Gasteiger partial charge in [0.15, 0.2) is 0 Å². The van der Waals surface area contributed by atoms with Crippen LogP contribution < -0.4 is 0 Å². The fourth-order valence-corrected chi connectivity index (χ4v) is 4.67. The summed E-state index contributed by atoms with van der Waals surface area (Å²) in [5.41, 5.74) is 1.28. The number of pyridine rings is 1. The Labute approximate surface area is 145 Å². The molecule has 1 aromatic rings. The lowest BCUT2D eigenvalue weighted by Gasteiger charge is -2.32. The van der Waals surface area contributed by atoms with Crippen LogP contribution in [0.5, 0.6) is 0 Å². The minimum absolute atomic E-state index is 0.0449. The van der Waals surface area contributed by atoms with Crippen LogP contribution >= 0.6 is 0 Å². The van der Waals surface area contributed by atoms with Crippen molar-refractivity contribution in [3.05, 3.63) is 30.1 Å². The van der Waals surface area contributed by atoms with E-state index >= 15 is 0 Å². The van der Waals surface area contributed by atoms with Gasteiger partial charge >= 0.3 is 0 Å². The van der Waals surface area contributed by atoms with E-state index in [4.69, 9.17) is 0 Å². The Morgan fingerprint density at radius 2 is 1.83 bits per heavy atom. The Kier molecular flexibility index (Phi) is 4.57. The molecule has 24 heavy (non-hydrogen) atoms. The van der Waals surface area contributed by atoms with E-state index in [1.54, 1.807) is 0 Å². The van der Waals surface area contributed by atoms with Gasteiger partial charge in [-0.15, -0.1) is 0 Å². The molecule has 1 saturated carbocycles. The molecular weight excluding hydrogens is 298 g/mol. The summed E-state index contributed by atoms with van der Waals surface area (Å²) in [5.74, 6) is 1.26. The van der Waals surface area contributed by atoms with Crippen molar-refractivity contribution < 1.29 is 4.79 Å². The third-order valence-corrected chi connectivity index (χ3v) is 6.50. The highest BCUT2D eigenvalue weighted by Gasteiger charge is 2.47. The van der Waals surface area contributed by atoms with Crippen LogP contribution in [0.3, 0.4) is 0 Å². The lowest BCUT2D eigenvalue weighted by atomic mass is 9.79. The van der Waals surface area contributed by atoms with Crippen molar-refractivity contribution in [1.29, 1.82) is 0 Å². The number of carbonyl (C=O) groups is 1. The van der Waals surface area contributed by atoms with Crippen molar-refractivity contribution in [3.63, 3.8) is 0 Å². The fourth-order valence-electron chi connectivity index (χ4n) is 4.67. The molecule has 3 fully saturated rings. The van der Waals surface area contributed by atoms with Gasteiger partial charge in [-0.05, 0) is 75.2 Å². The first kappa shape index (κ1) is 16.1. The molecular formula is C20H29N3O. The van der Waals surface area contributed by atoms with Crippen LogP contribution in [0.1, 0.15) is 50.5 Å². The van der Waals surface area contributed by atoms with Crippen molar-refractivity contribution >= 4 is 5.91 Å². The largest absolute Gasteiger partial charge is 0.342 e. The van der Waals surface area contributed by atoms with Crippen molar-refractivity contribution in [2.45, 2.75) is 51.5 Å². The molecule has 1 amide bonds. The summed E-state index contributed by atoms with van der Waals surface area (Å²) in [7, 11) is 0. The van der Waals surface area contributed by atoms with Crippen molar-refractivity contribution in [3.8, 4) is 0 Å². The minimum Gasteiger partial charge on any atom is -0.342 e. The molecule has 2 aliphatic heterocycles. The average molecular weight is 327 g/mol. The third-order valence-electron chi connectivity index (χ3n) is 6.50. The van der Waals surface area contributed by atoms with E-state index in [1.165, 1.54) is 24.8 Å². The summed E-state index contributed by atoms with van der Waals surface area (Å²) in [5, 5.41) is 0. The number of rotatable bonds is 4. The van der Waals surface area contributed by atoms with Crippen LogP contribution in [0.25, 0.3) is 0 Å². The van der Waals surface area contributed by atoms with Gasteiger partial charge < -0.3 is 4.90 Å². The zero-order chi connectivity index (χ0) is 16.4. The molecule has 3 aliphatic rings. The SMILES string of the molecule is O=C1N(CC2CCC2)CCC12CCCN(Cc1ccncc1)CC2. The maximum atomic E-state index is 13.1.